The van der Waals surface area contributed by atoms with Gasteiger partial charge in [-0.2, -0.15) is 0 Å². The summed E-state index contributed by atoms with van der Waals surface area (Å²) in [6, 6.07) is 11.2. The summed E-state index contributed by atoms with van der Waals surface area (Å²) in [7, 11) is 0. The Bertz CT molecular complexity index is 1340. The van der Waals surface area contributed by atoms with Crippen LogP contribution in [-0.2, 0) is 12.8 Å². The molecular formula is C24H21Br3Cl2N2O. The molecule has 0 atom stereocenters. The van der Waals surface area contributed by atoms with Crippen LogP contribution in [0.2, 0.25) is 10.0 Å². The quantitative estimate of drug-likeness (QED) is 0.221. The molecule has 32 heavy (non-hydrogen) atoms. The van der Waals surface area contributed by atoms with E-state index in [-0.39, 0.29) is 5.56 Å². The first kappa shape index (κ1) is 25.7. The van der Waals surface area contributed by atoms with Crippen LogP contribution in [0.1, 0.15) is 37.8 Å². The van der Waals surface area contributed by atoms with E-state index in [1.54, 1.807) is 6.07 Å². The van der Waals surface area contributed by atoms with Gasteiger partial charge in [0.15, 0.2) is 0 Å². The number of nitrogens with one attached hydrogen (secondary N) is 1. The molecule has 0 amide bonds. The summed E-state index contributed by atoms with van der Waals surface area (Å²) in [4.78, 5) is 19.2. The van der Waals surface area contributed by atoms with Crippen molar-refractivity contribution in [2.45, 2.75) is 39.5 Å². The van der Waals surface area contributed by atoms with Gasteiger partial charge >= 0.3 is 0 Å². The SMILES string of the molecule is CCCc1c(Br)c2cc(Cl)ccc2[nH]c1=O.CCCc1c(Br)nc2ccc(Cl)cc2c1Br. The van der Waals surface area contributed by atoms with Gasteiger partial charge in [-0.15, -0.1) is 0 Å². The normalized spacial score (nSPS) is 11.0. The Labute approximate surface area is 222 Å². The minimum atomic E-state index is -0.0245. The van der Waals surface area contributed by atoms with Crippen molar-refractivity contribution < 1.29 is 0 Å². The monoisotopic (exact) mass is 660 g/mol. The van der Waals surface area contributed by atoms with E-state index in [0.29, 0.717) is 5.02 Å². The Kier molecular flexibility index (Phi) is 9.22. The molecule has 4 rings (SSSR count). The van der Waals surface area contributed by atoms with Crippen LogP contribution in [0, 0.1) is 0 Å². The second-order valence-electron chi connectivity index (χ2n) is 7.29. The third kappa shape index (κ3) is 5.76. The molecule has 4 aromatic rings. The number of pyridine rings is 2. The molecule has 0 bridgehead atoms. The molecule has 0 aliphatic carbocycles. The first-order valence-corrected chi connectivity index (χ1v) is 13.3. The topological polar surface area (TPSA) is 45.8 Å². The molecule has 0 fully saturated rings. The van der Waals surface area contributed by atoms with Crippen LogP contribution in [-0.4, -0.2) is 9.97 Å². The van der Waals surface area contributed by atoms with Gasteiger partial charge in [0.2, 0.25) is 0 Å². The lowest BCUT2D eigenvalue weighted by molar-refractivity contribution is 0.900. The van der Waals surface area contributed by atoms with E-state index in [1.807, 2.05) is 37.3 Å². The standard InChI is InChI=1S/C12H10Br2ClN.C12H11BrClNO/c1-2-3-8-11(13)9-6-7(15)4-5-10(9)16-12(8)14;1-2-3-8-11(13)9-6-7(14)4-5-10(9)15-12(8)16/h4-6H,2-3H2,1H3;4-6H,2-3H2,1H3,(H,15,16). The van der Waals surface area contributed by atoms with Crippen molar-refractivity contribution in [2.24, 2.45) is 0 Å². The maximum Gasteiger partial charge on any atom is 0.252 e. The van der Waals surface area contributed by atoms with E-state index in [2.05, 4.69) is 64.7 Å². The van der Waals surface area contributed by atoms with E-state index in [4.69, 9.17) is 23.2 Å². The van der Waals surface area contributed by atoms with Gasteiger partial charge in [0.25, 0.3) is 5.56 Å². The number of aromatic amines is 1. The largest absolute Gasteiger partial charge is 0.322 e. The van der Waals surface area contributed by atoms with E-state index in [0.717, 1.165) is 71.6 Å². The zero-order valence-electron chi connectivity index (χ0n) is 17.5. The molecule has 2 heterocycles. The van der Waals surface area contributed by atoms with Crippen molar-refractivity contribution in [3.8, 4) is 0 Å². The molecule has 168 valence electrons. The van der Waals surface area contributed by atoms with E-state index in [1.165, 1.54) is 5.56 Å². The summed E-state index contributed by atoms with van der Waals surface area (Å²) >= 11 is 22.6. The van der Waals surface area contributed by atoms with Crippen molar-refractivity contribution in [1.82, 2.24) is 9.97 Å². The minimum absolute atomic E-state index is 0.0245. The highest BCUT2D eigenvalue weighted by atomic mass is 79.9. The summed E-state index contributed by atoms with van der Waals surface area (Å²) < 4.78 is 2.86. The van der Waals surface area contributed by atoms with Gasteiger partial charge in [0, 0.05) is 40.8 Å². The number of nitrogens with zero attached hydrogens (tertiary/aromatic N) is 1. The number of hydrogen-bond acceptors (Lipinski definition) is 2. The van der Waals surface area contributed by atoms with Crippen LogP contribution in [0.4, 0.5) is 0 Å². The maximum absolute atomic E-state index is 11.8. The number of hydrogen-bond donors (Lipinski definition) is 1. The molecule has 0 spiro atoms. The fraction of sp³-hybridized carbons (Fsp3) is 0.250. The lowest BCUT2D eigenvalue weighted by atomic mass is 10.1. The van der Waals surface area contributed by atoms with Gasteiger partial charge < -0.3 is 4.98 Å². The van der Waals surface area contributed by atoms with Gasteiger partial charge in [0.05, 0.1) is 5.52 Å². The Morgan fingerprint density at radius 1 is 0.844 bits per heavy atom. The van der Waals surface area contributed by atoms with Crippen LogP contribution < -0.4 is 5.56 Å². The molecule has 0 radical (unpaired) electrons. The Balaban J connectivity index is 0.000000181. The van der Waals surface area contributed by atoms with Gasteiger partial charge in [-0.05, 0) is 103 Å². The molecule has 0 saturated carbocycles. The summed E-state index contributed by atoms with van der Waals surface area (Å²) in [6.45, 7) is 4.20. The van der Waals surface area contributed by atoms with Gasteiger partial charge in [-0.3, -0.25) is 4.79 Å². The molecule has 0 aliphatic heterocycles. The minimum Gasteiger partial charge on any atom is -0.322 e. The zero-order valence-corrected chi connectivity index (χ0v) is 23.8. The molecule has 1 N–H and O–H groups in total. The lowest BCUT2D eigenvalue weighted by Crippen LogP contribution is -2.13. The third-order valence-electron chi connectivity index (χ3n) is 4.93. The Morgan fingerprint density at radius 3 is 2.06 bits per heavy atom. The predicted octanol–water partition coefficient (Wildman–Crippen LogP) is 9.26. The van der Waals surface area contributed by atoms with Crippen molar-refractivity contribution in [2.75, 3.05) is 0 Å². The van der Waals surface area contributed by atoms with Crippen LogP contribution in [0.5, 0.6) is 0 Å². The molecule has 8 heteroatoms. The summed E-state index contributed by atoms with van der Waals surface area (Å²) in [5, 5.41) is 3.43. The van der Waals surface area contributed by atoms with E-state index < -0.39 is 0 Å². The molecule has 0 aliphatic rings. The lowest BCUT2D eigenvalue weighted by Gasteiger charge is -2.09. The smallest absolute Gasteiger partial charge is 0.252 e. The van der Waals surface area contributed by atoms with Crippen molar-refractivity contribution >= 4 is 92.8 Å². The summed E-state index contributed by atoms with van der Waals surface area (Å²) in [6.07, 6.45) is 3.79. The molecule has 2 aromatic carbocycles. The number of halogens is 5. The molecule has 3 nitrogen and oxygen atoms in total. The fourth-order valence-electron chi connectivity index (χ4n) is 3.41. The molecule has 0 unspecified atom stereocenters. The molecule has 0 saturated heterocycles. The van der Waals surface area contributed by atoms with Crippen LogP contribution >= 0.6 is 71.0 Å². The third-order valence-corrected chi connectivity index (χ3v) is 7.87. The number of benzene rings is 2. The molecule has 2 aromatic heterocycles. The average molecular weight is 664 g/mol. The van der Waals surface area contributed by atoms with E-state index >= 15 is 0 Å². The second kappa shape index (κ2) is 11.5. The van der Waals surface area contributed by atoms with Gasteiger partial charge in [0.1, 0.15) is 4.60 Å². The predicted molar refractivity (Wildman–Crippen MR) is 147 cm³/mol. The Morgan fingerprint density at radius 2 is 1.41 bits per heavy atom. The number of H-pyrrole nitrogens is 1. The summed E-state index contributed by atoms with van der Waals surface area (Å²) in [5.41, 5.74) is 3.72. The Hall–Kier alpha value is -0.920. The van der Waals surface area contributed by atoms with Crippen LogP contribution in [0.25, 0.3) is 21.8 Å². The highest BCUT2D eigenvalue weighted by molar-refractivity contribution is 9.11. The van der Waals surface area contributed by atoms with Crippen LogP contribution in [0.3, 0.4) is 0 Å². The number of aromatic nitrogens is 2. The van der Waals surface area contributed by atoms with Crippen molar-refractivity contribution in [3.05, 3.63) is 81.5 Å². The van der Waals surface area contributed by atoms with Gasteiger partial charge in [-0.1, -0.05) is 49.9 Å². The fourth-order valence-corrected chi connectivity index (χ4v) is 6.02. The first-order chi connectivity index (χ1) is 15.3. The average Bonchev–Trinajstić information content (AvgIpc) is 2.76. The number of rotatable bonds is 4. The molecular weight excluding hydrogens is 643 g/mol. The van der Waals surface area contributed by atoms with Crippen molar-refractivity contribution in [3.63, 3.8) is 0 Å². The maximum atomic E-state index is 11.8. The second-order valence-corrected chi connectivity index (χ2v) is 10.5. The highest BCUT2D eigenvalue weighted by Crippen LogP contribution is 2.33. The first-order valence-electron chi connectivity index (χ1n) is 10.2. The number of fused-ring (bicyclic) bond motifs is 2. The van der Waals surface area contributed by atoms with Gasteiger partial charge in [-0.25, -0.2) is 4.98 Å². The highest BCUT2D eigenvalue weighted by Gasteiger charge is 2.11. The van der Waals surface area contributed by atoms with Crippen LogP contribution in [0.15, 0.2) is 54.7 Å². The van der Waals surface area contributed by atoms with E-state index in [9.17, 15) is 4.79 Å². The van der Waals surface area contributed by atoms with Crippen molar-refractivity contribution in [1.29, 1.82) is 0 Å². The zero-order chi connectivity index (χ0) is 23.4. The summed E-state index contributed by atoms with van der Waals surface area (Å²) in [5.74, 6) is 0.